The van der Waals surface area contributed by atoms with Crippen LogP contribution in [0.25, 0.3) is 0 Å². The number of sulfone groups is 1. The molecule has 0 bridgehead atoms. The lowest BCUT2D eigenvalue weighted by Gasteiger charge is -2.29. The van der Waals surface area contributed by atoms with Crippen LogP contribution in [0.5, 0.6) is 0 Å². The Morgan fingerprint density at radius 1 is 1.35 bits per heavy atom. The molecule has 0 radical (unpaired) electrons. The van der Waals surface area contributed by atoms with E-state index in [9.17, 15) is 12.8 Å². The Morgan fingerprint density at radius 3 is 2.60 bits per heavy atom. The van der Waals surface area contributed by atoms with E-state index in [4.69, 9.17) is 0 Å². The number of benzene rings is 1. The second kappa shape index (κ2) is 6.10. The zero-order chi connectivity index (χ0) is 14.8. The molecule has 0 unspecified atom stereocenters. The summed E-state index contributed by atoms with van der Waals surface area (Å²) in [6.45, 7) is 2.79. The highest BCUT2D eigenvalue weighted by Crippen LogP contribution is 2.22. The molecule has 0 aromatic heterocycles. The fourth-order valence-electron chi connectivity index (χ4n) is 2.39. The fraction of sp³-hybridized carbons (Fsp3) is 0.571. The summed E-state index contributed by atoms with van der Waals surface area (Å²) in [4.78, 5) is 2.42. The average molecular weight is 300 g/mol. The van der Waals surface area contributed by atoms with Gasteiger partial charge in [0.15, 0.2) is 9.84 Å². The Kier molecular flexibility index (Phi) is 4.65. The van der Waals surface area contributed by atoms with Crippen LogP contribution in [0.1, 0.15) is 12.8 Å². The minimum absolute atomic E-state index is 0.143. The molecule has 1 aromatic rings. The van der Waals surface area contributed by atoms with Crippen molar-refractivity contribution in [3.63, 3.8) is 0 Å². The maximum atomic E-state index is 13.7. The molecule has 112 valence electrons. The second-order valence-electron chi connectivity index (χ2n) is 5.54. The number of rotatable bonds is 4. The molecule has 20 heavy (non-hydrogen) atoms. The number of anilines is 1. The monoisotopic (exact) mass is 300 g/mol. The minimum atomic E-state index is -3.31. The molecule has 0 atom stereocenters. The van der Waals surface area contributed by atoms with E-state index < -0.39 is 15.7 Å². The third kappa shape index (κ3) is 3.93. The second-order valence-corrected chi connectivity index (χ2v) is 7.56. The van der Waals surface area contributed by atoms with Crippen LogP contribution in [0.15, 0.2) is 23.1 Å². The molecule has 0 amide bonds. The molecule has 2 rings (SSSR count). The van der Waals surface area contributed by atoms with Crippen LogP contribution in [0.2, 0.25) is 0 Å². The Morgan fingerprint density at radius 2 is 2.00 bits per heavy atom. The molecule has 1 heterocycles. The van der Waals surface area contributed by atoms with Gasteiger partial charge in [0, 0.05) is 12.8 Å². The third-order valence-electron chi connectivity index (χ3n) is 3.79. The van der Waals surface area contributed by atoms with Crippen molar-refractivity contribution in [2.24, 2.45) is 5.92 Å². The number of likely N-dealkylation sites (tertiary alicyclic amines) is 1. The Hall–Kier alpha value is -1.14. The molecule has 1 aliphatic rings. The van der Waals surface area contributed by atoms with Gasteiger partial charge in [-0.05, 0) is 57.1 Å². The molecule has 0 spiro atoms. The molecule has 4 nitrogen and oxygen atoms in total. The van der Waals surface area contributed by atoms with E-state index in [-0.39, 0.29) is 10.6 Å². The van der Waals surface area contributed by atoms with Crippen molar-refractivity contribution in [3.8, 4) is 0 Å². The van der Waals surface area contributed by atoms with Gasteiger partial charge < -0.3 is 10.2 Å². The van der Waals surface area contributed by atoms with Gasteiger partial charge in [-0.25, -0.2) is 12.8 Å². The van der Waals surface area contributed by atoms with E-state index in [2.05, 4.69) is 17.3 Å². The first-order chi connectivity index (χ1) is 9.36. The largest absolute Gasteiger partial charge is 0.382 e. The number of halogens is 1. The highest BCUT2D eigenvalue weighted by Gasteiger charge is 2.17. The van der Waals surface area contributed by atoms with Crippen LogP contribution in [0.4, 0.5) is 10.1 Å². The van der Waals surface area contributed by atoms with Gasteiger partial charge in [-0.1, -0.05) is 0 Å². The van der Waals surface area contributed by atoms with Crippen LogP contribution in [-0.4, -0.2) is 46.3 Å². The summed E-state index contributed by atoms with van der Waals surface area (Å²) >= 11 is 0. The smallest absolute Gasteiger partial charge is 0.175 e. The predicted octanol–water partition coefficient (Wildman–Crippen LogP) is 1.98. The molecular formula is C14H21FN2O2S. The summed E-state index contributed by atoms with van der Waals surface area (Å²) in [5.74, 6) is 0.0952. The third-order valence-corrected chi connectivity index (χ3v) is 4.90. The quantitative estimate of drug-likeness (QED) is 0.864. The van der Waals surface area contributed by atoms with Gasteiger partial charge in [-0.15, -0.1) is 0 Å². The van der Waals surface area contributed by atoms with Gasteiger partial charge >= 0.3 is 0 Å². The molecule has 0 saturated carbocycles. The zero-order valence-electron chi connectivity index (χ0n) is 11.9. The first kappa shape index (κ1) is 15.3. The molecule has 1 saturated heterocycles. The molecule has 6 heteroatoms. The number of nitrogens with one attached hydrogen (secondary N) is 1. The zero-order valence-corrected chi connectivity index (χ0v) is 12.7. The predicted molar refractivity (Wildman–Crippen MR) is 78.2 cm³/mol. The van der Waals surface area contributed by atoms with Crippen LogP contribution < -0.4 is 5.32 Å². The summed E-state index contributed by atoms with van der Waals surface area (Å²) in [7, 11) is -1.21. The molecule has 0 aliphatic carbocycles. The summed E-state index contributed by atoms with van der Waals surface area (Å²) in [5, 5.41) is 3.05. The van der Waals surface area contributed by atoms with Crippen LogP contribution >= 0.6 is 0 Å². The van der Waals surface area contributed by atoms with Gasteiger partial charge in [0.05, 0.1) is 10.6 Å². The maximum absolute atomic E-state index is 13.7. The van der Waals surface area contributed by atoms with Crippen molar-refractivity contribution >= 4 is 15.5 Å². The van der Waals surface area contributed by atoms with Crippen molar-refractivity contribution in [1.82, 2.24) is 4.90 Å². The fourth-order valence-corrected chi connectivity index (χ4v) is 3.04. The van der Waals surface area contributed by atoms with Gasteiger partial charge in [-0.2, -0.15) is 0 Å². The standard InChI is InChI=1S/C14H21FN2O2S/c1-17-7-5-11(6-8-17)10-16-14-9-12(20(2,18)19)3-4-13(14)15/h3-4,9,11,16H,5-8,10H2,1-2H3. The van der Waals surface area contributed by atoms with Crippen molar-refractivity contribution < 1.29 is 12.8 Å². The molecule has 1 N–H and O–H groups in total. The molecule has 1 fully saturated rings. The van der Waals surface area contributed by atoms with Crippen molar-refractivity contribution in [2.75, 3.05) is 38.3 Å². The normalized spacial score (nSPS) is 18.1. The van der Waals surface area contributed by atoms with E-state index in [1.807, 2.05) is 0 Å². The first-order valence-corrected chi connectivity index (χ1v) is 8.67. The van der Waals surface area contributed by atoms with Crippen LogP contribution in [0.3, 0.4) is 0 Å². The lowest BCUT2D eigenvalue weighted by Crippen LogP contribution is -2.33. The maximum Gasteiger partial charge on any atom is 0.175 e. The van der Waals surface area contributed by atoms with Crippen LogP contribution in [-0.2, 0) is 9.84 Å². The number of hydrogen-bond donors (Lipinski definition) is 1. The first-order valence-electron chi connectivity index (χ1n) is 6.78. The highest BCUT2D eigenvalue weighted by molar-refractivity contribution is 7.90. The van der Waals surface area contributed by atoms with Gasteiger partial charge in [0.25, 0.3) is 0 Å². The van der Waals surface area contributed by atoms with E-state index in [0.29, 0.717) is 12.5 Å². The number of hydrogen-bond acceptors (Lipinski definition) is 4. The lowest BCUT2D eigenvalue weighted by atomic mass is 9.97. The molecular weight excluding hydrogens is 279 g/mol. The Balaban J connectivity index is 2.02. The van der Waals surface area contributed by atoms with E-state index in [1.165, 1.54) is 18.2 Å². The lowest BCUT2D eigenvalue weighted by molar-refractivity contribution is 0.226. The van der Waals surface area contributed by atoms with Crippen molar-refractivity contribution in [1.29, 1.82) is 0 Å². The Bertz CT molecular complexity index is 567. The van der Waals surface area contributed by atoms with Gasteiger partial charge in [0.2, 0.25) is 0 Å². The van der Waals surface area contributed by atoms with Gasteiger partial charge in [0.1, 0.15) is 5.82 Å². The number of piperidine rings is 1. The Labute approximate surface area is 119 Å². The number of nitrogens with zero attached hydrogens (tertiary/aromatic N) is 1. The molecule has 1 aliphatic heterocycles. The highest BCUT2D eigenvalue weighted by atomic mass is 32.2. The van der Waals surface area contributed by atoms with E-state index >= 15 is 0 Å². The van der Waals surface area contributed by atoms with Crippen molar-refractivity contribution in [2.45, 2.75) is 17.7 Å². The molecule has 1 aromatic carbocycles. The minimum Gasteiger partial charge on any atom is -0.382 e. The summed E-state index contributed by atoms with van der Waals surface area (Å²) in [6, 6.07) is 3.87. The van der Waals surface area contributed by atoms with E-state index in [0.717, 1.165) is 32.2 Å². The average Bonchev–Trinajstić information content (AvgIpc) is 2.38. The van der Waals surface area contributed by atoms with E-state index in [1.54, 1.807) is 0 Å². The van der Waals surface area contributed by atoms with Crippen LogP contribution in [0, 0.1) is 11.7 Å². The summed E-state index contributed by atoms with van der Waals surface area (Å²) in [6.07, 6.45) is 3.29. The topological polar surface area (TPSA) is 49.4 Å². The van der Waals surface area contributed by atoms with Crippen molar-refractivity contribution in [3.05, 3.63) is 24.0 Å². The van der Waals surface area contributed by atoms with Gasteiger partial charge in [-0.3, -0.25) is 0 Å². The summed E-state index contributed by atoms with van der Waals surface area (Å²) in [5.41, 5.74) is 0.270. The summed E-state index contributed by atoms with van der Waals surface area (Å²) < 4.78 is 36.7. The SMILES string of the molecule is CN1CCC(CNc2cc(S(C)(=O)=O)ccc2F)CC1.